The molecule has 0 bridgehead atoms. The lowest BCUT2D eigenvalue weighted by Gasteiger charge is -2.08. The van der Waals surface area contributed by atoms with Crippen LogP contribution in [0.5, 0.6) is 0 Å². The molecule has 2 aromatic carbocycles. The first-order valence-electron chi connectivity index (χ1n) is 9.09. The minimum Gasteiger partial charge on any atom is -0.465 e. The van der Waals surface area contributed by atoms with Crippen LogP contribution in [0.15, 0.2) is 48.5 Å². The molecule has 6 heteroatoms. The molecule has 0 radical (unpaired) electrons. The molecule has 1 N–H and O–H groups in total. The first kappa shape index (κ1) is 21.2. The zero-order chi connectivity index (χ0) is 20.5. The van der Waals surface area contributed by atoms with E-state index in [4.69, 9.17) is 4.74 Å². The monoisotopic (exact) mass is 383 g/mol. The van der Waals surface area contributed by atoms with E-state index in [2.05, 4.69) is 23.9 Å². The largest absolute Gasteiger partial charge is 0.465 e. The molecule has 0 aromatic heterocycles. The Kier molecular flexibility index (Phi) is 7.75. The van der Waals surface area contributed by atoms with Crippen molar-refractivity contribution in [3.05, 3.63) is 70.8 Å². The van der Waals surface area contributed by atoms with Crippen molar-refractivity contribution in [2.75, 3.05) is 13.7 Å². The third-order valence-corrected chi connectivity index (χ3v) is 4.03. The zero-order valence-electron chi connectivity index (χ0n) is 16.4. The predicted molar refractivity (Wildman–Crippen MR) is 105 cm³/mol. The average Bonchev–Trinajstić information content (AvgIpc) is 2.70. The van der Waals surface area contributed by atoms with Gasteiger partial charge in [0.1, 0.15) is 0 Å². The molecule has 6 nitrogen and oxygen atoms in total. The molecule has 0 heterocycles. The summed E-state index contributed by atoms with van der Waals surface area (Å²) in [6.45, 7) is 4.18. The van der Waals surface area contributed by atoms with Gasteiger partial charge in [0.15, 0.2) is 6.61 Å². The lowest BCUT2D eigenvalue weighted by molar-refractivity contribution is -0.124. The molecule has 0 spiro atoms. The second kappa shape index (κ2) is 10.3. The number of hydrogen-bond donors (Lipinski definition) is 1. The number of ether oxygens (including phenoxy) is 2. The minimum absolute atomic E-state index is 0.266. The fourth-order valence-corrected chi connectivity index (χ4v) is 2.59. The van der Waals surface area contributed by atoms with Gasteiger partial charge in [-0.15, -0.1) is 0 Å². The second-order valence-electron chi connectivity index (χ2n) is 6.84. The van der Waals surface area contributed by atoms with Crippen LogP contribution in [0.2, 0.25) is 0 Å². The number of benzene rings is 2. The molecule has 0 fully saturated rings. The minimum atomic E-state index is -0.534. The van der Waals surface area contributed by atoms with Crippen molar-refractivity contribution in [2.24, 2.45) is 5.92 Å². The van der Waals surface area contributed by atoms with Crippen LogP contribution in [0.25, 0.3) is 0 Å². The Morgan fingerprint density at radius 3 is 1.93 bits per heavy atom. The summed E-state index contributed by atoms with van der Waals surface area (Å²) in [5.74, 6) is -0.812. The quantitative estimate of drug-likeness (QED) is 0.708. The standard InChI is InChI=1S/C22H25NO5/c1-15(2)12-16-4-8-19(9-5-16)22(26)28-14-20(24)23-13-17-6-10-18(11-7-17)21(25)27-3/h4-11,15H,12-14H2,1-3H3,(H,23,24). The average molecular weight is 383 g/mol. The fraction of sp³-hybridized carbons (Fsp3) is 0.318. The molecular weight excluding hydrogens is 358 g/mol. The highest BCUT2D eigenvalue weighted by atomic mass is 16.5. The molecule has 0 aliphatic heterocycles. The summed E-state index contributed by atoms with van der Waals surface area (Å²) >= 11 is 0. The van der Waals surface area contributed by atoms with E-state index < -0.39 is 17.8 Å². The molecule has 0 atom stereocenters. The Balaban J connectivity index is 1.77. The summed E-state index contributed by atoms with van der Waals surface area (Å²) in [7, 11) is 1.32. The van der Waals surface area contributed by atoms with Gasteiger partial charge in [-0.2, -0.15) is 0 Å². The summed E-state index contributed by atoms with van der Waals surface area (Å²) in [6.07, 6.45) is 0.943. The number of esters is 2. The maximum Gasteiger partial charge on any atom is 0.338 e. The van der Waals surface area contributed by atoms with E-state index in [9.17, 15) is 14.4 Å². The van der Waals surface area contributed by atoms with Crippen LogP contribution in [-0.2, 0) is 27.2 Å². The van der Waals surface area contributed by atoms with E-state index in [1.807, 2.05) is 12.1 Å². The Labute approximate surface area is 164 Å². The Bertz CT molecular complexity index is 810. The molecule has 2 aromatic rings. The highest BCUT2D eigenvalue weighted by molar-refractivity contribution is 5.91. The van der Waals surface area contributed by atoms with Crippen molar-refractivity contribution in [2.45, 2.75) is 26.8 Å². The van der Waals surface area contributed by atoms with Crippen molar-refractivity contribution in [3.8, 4) is 0 Å². The Morgan fingerprint density at radius 1 is 0.857 bits per heavy atom. The lowest BCUT2D eigenvalue weighted by atomic mass is 10.0. The summed E-state index contributed by atoms with van der Waals surface area (Å²) in [6, 6.07) is 13.9. The fourth-order valence-electron chi connectivity index (χ4n) is 2.59. The first-order valence-corrected chi connectivity index (χ1v) is 9.09. The van der Waals surface area contributed by atoms with Gasteiger partial charge in [0.25, 0.3) is 5.91 Å². The molecule has 2 rings (SSSR count). The third-order valence-electron chi connectivity index (χ3n) is 4.03. The molecule has 148 valence electrons. The van der Waals surface area contributed by atoms with E-state index in [0.717, 1.165) is 17.5 Å². The van der Waals surface area contributed by atoms with Crippen LogP contribution in [0.4, 0.5) is 0 Å². The van der Waals surface area contributed by atoms with Gasteiger partial charge in [-0.25, -0.2) is 9.59 Å². The summed E-state index contributed by atoms with van der Waals surface area (Å²) in [5.41, 5.74) is 2.82. The van der Waals surface area contributed by atoms with Crippen LogP contribution in [0.1, 0.15) is 45.7 Å². The highest BCUT2D eigenvalue weighted by Gasteiger charge is 2.11. The molecule has 1 amide bonds. The second-order valence-corrected chi connectivity index (χ2v) is 6.84. The third kappa shape index (κ3) is 6.54. The van der Waals surface area contributed by atoms with Crippen molar-refractivity contribution < 1.29 is 23.9 Å². The molecule has 0 aliphatic rings. The van der Waals surface area contributed by atoms with Crippen molar-refractivity contribution in [1.82, 2.24) is 5.32 Å². The molecule has 0 unspecified atom stereocenters. The first-order chi connectivity index (χ1) is 13.4. The lowest BCUT2D eigenvalue weighted by Crippen LogP contribution is -2.28. The number of hydrogen-bond acceptors (Lipinski definition) is 5. The smallest absolute Gasteiger partial charge is 0.338 e. The Morgan fingerprint density at radius 2 is 1.39 bits per heavy atom. The highest BCUT2D eigenvalue weighted by Crippen LogP contribution is 2.11. The van der Waals surface area contributed by atoms with Gasteiger partial charge in [0, 0.05) is 6.54 Å². The van der Waals surface area contributed by atoms with E-state index in [1.54, 1.807) is 36.4 Å². The number of rotatable bonds is 8. The van der Waals surface area contributed by atoms with Gasteiger partial charge < -0.3 is 14.8 Å². The summed E-state index contributed by atoms with van der Waals surface area (Å²) in [5, 5.41) is 2.67. The Hall–Kier alpha value is -3.15. The van der Waals surface area contributed by atoms with Crippen molar-refractivity contribution in [3.63, 3.8) is 0 Å². The van der Waals surface area contributed by atoms with Crippen LogP contribution >= 0.6 is 0 Å². The molecule has 0 saturated heterocycles. The van der Waals surface area contributed by atoms with E-state index in [0.29, 0.717) is 17.0 Å². The maximum atomic E-state index is 12.0. The van der Waals surface area contributed by atoms with Crippen molar-refractivity contribution in [1.29, 1.82) is 0 Å². The van der Waals surface area contributed by atoms with Gasteiger partial charge in [0.2, 0.25) is 0 Å². The van der Waals surface area contributed by atoms with E-state index >= 15 is 0 Å². The predicted octanol–water partition coefficient (Wildman–Crippen LogP) is 3.14. The van der Waals surface area contributed by atoms with E-state index in [-0.39, 0.29) is 13.2 Å². The van der Waals surface area contributed by atoms with Gasteiger partial charge >= 0.3 is 11.9 Å². The molecule has 0 aliphatic carbocycles. The number of carbonyl (C=O) groups is 3. The van der Waals surface area contributed by atoms with E-state index in [1.165, 1.54) is 7.11 Å². The van der Waals surface area contributed by atoms with Gasteiger partial charge in [-0.05, 0) is 47.7 Å². The number of methoxy groups -OCH3 is 1. The van der Waals surface area contributed by atoms with Gasteiger partial charge in [-0.1, -0.05) is 38.1 Å². The summed E-state index contributed by atoms with van der Waals surface area (Å²) in [4.78, 5) is 35.3. The number of amides is 1. The topological polar surface area (TPSA) is 81.7 Å². The van der Waals surface area contributed by atoms with Crippen LogP contribution in [0, 0.1) is 5.92 Å². The normalized spacial score (nSPS) is 10.4. The molecule has 28 heavy (non-hydrogen) atoms. The van der Waals surface area contributed by atoms with Crippen LogP contribution in [-0.4, -0.2) is 31.6 Å². The summed E-state index contributed by atoms with van der Waals surface area (Å²) < 4.78 is 9.68. The van der Waals surface area contributed by atoms with Crippen molar-refractivity contribution >= 4 is 17.8 Å². The van der Waals surface area contributed by atoms with Crippen LogP contribution in [0.3, 0.4) is 0 Å². The SMILES string of the molecule is COC(=O)c1ccc(CNC(=O)COC(=O)c2ccc(CC(C)C)cc2)cc1. The number of carbonyl (C=O) groups excluding carboxylic acids is 3. The maximum absolute atomic E-state index is 12.0. The van der Waals surface area contributed by atoms with Gasteiger partial charge in [-0.3, -0.25) is 4.79 Å². The molecular formula is C22H25NO5. The van der Waals surface area contributed by atoms with Crippen LogP contribution < -0.4 is 5.32 Å². The molecule has 0 saturated carbocycles. The number of nitrogens with one attached hydrogen (secondary N) is 1. The van der Waals surface area contributed by atoms with Gasteiger partial charge in [0.05, 0.1) is 18.2 Å². The zero-order valence-corrected chi connectivity index (χ0v) is 16.4.